The van der Waals surface area contributed by atoms with E-state index in [0.717, 1.165) is 9.21 Å². The Kier molecular flexibility index (Phi) is 5.26. The zero-order valence-corrected chi connectivity index (χ0v) is 12.3. The summed E-state index contributed by atoms with van der Waals surface area (Å²) in [5.74, 6) is 0.536. The first-order valence-corrected chi connectivity index (χ1v) is 7.33. The van der Waals surface area contributed by atoms with Crippen LogP contribution in [0.25, 0.3) is 0 Å². The molecule has 0 unspecified atom stereocenters. The number of rotatable bonds is 6. The van der Waals surface area contributed by atoms with Crippen LogP contribution in [0.2, 0.25) is 4.34 Å². The van der Waals surface area contributed by atoms with Crippen molar-refractivity contribution in [3.8, 4) is 5.75 Å². The van der Waals surface area contributed by atoms with Gasteiger partial charge in [-0.3, -0.25) is 4.79 Å². The molecule has 2 aromatic rings. The van der Waals surface area contributed by atoms with Crippen LogP contribution in [0.15, 0.2) is 36.4 Å². The molecule has 0 aliphatic heterocycles. The normalized spacial score (nSPS) is 10.2. The van der Waals surface area contributed by atoms with Crippen molar-refractivity contribution in [2.75, 3.05) is 12.3 Å². The first-order valence-electron chi connectivity index (χ1n) is 6.13. The second-order valence-electron chi connectivity index (χ2n) is 4.12. The minimum atomic E-state index is -0.0657. The lowest BCUT2D eigenvalue weighted by atomic mass is 10.3. The molecule has 3 N–H and O–H groups in total. The fourth-order valence-corrected chi connectivity index (χ4v) is 2.61. The van der Waals surface area contributed by atoms with Crippen LogP contribution in [-0.4, -0.2) is 12.5 Å². The number of carbonyl (C=O) groups is 1. The molecule has 0 spiro atoms. The van der Waals surface area contributed by atoms with Gasteiger partial charge in [-0.1, -0.05) is 23.7 Å². The summed E-state index contributed by atoms with van der Waals surface area (Å²) in [6.07, 6.45) is 0.285. The maximum atomic E-state index is 11.6. The van der Waals surface area contributed by atoms with Gasteiger partial charge in [0.25, 0.3) is 0 Å². The smallest absolute Gasteiger partial charge is 0.223 e. The second kappa shape index (κ2) is 7.17. The van der Waals surface area contributed by atoms with Gasteiger partial charge >= 0.3 is 0 Å². The predicted molar refractivity (Wildman–Crippen MR) is 82.1 cm³/mol. The molecule has 1 aromatic heterocycles. The molecular formula is C14H15ClN2O2S. The first-order chi connectivity index (χ1) is 9.65. The number of halogens is 1. The van der Waals surface area contributed by atoms with Gasteiger partial charge in [0.15, 0.2) is 0 Å². The van der Waals surface area contributed by atoms with E-state index in [0.29, 0.717) is 24.6 Å². The number of para-hydroxylation sites is 2. The number of ether oxygens (including phenoxy) is 1. The molecule has 20 heavy (non-hydrogen) atoms. The molecule has 1 amide bonds. The largest absolute Gasteiger partial charge is 0.491 e. The zero-order valence-electron chi connectivity index (χ0n) is 10.8. The highest BCUT2D eigenvalue weighted by Crippen LogP contribution is 2.21. The molecule has 1 heterocycles. The van der Waals surface area contributed by atoms with Crippen LogP contribution in [0, 0.1) is 0 Å². The fourth-order valence-electron chi connectivity index (χ4n) is 1.59. The summed E-state index contributed by atoms with van der Waals surface area (Å²) >= 11 is 7.27. The van der Waals surface area contributed by atoms with Crippen LogP contribution in [-0.2, 0) is 11.3 Å². The number of thiophene rings is 1. The maximum absolute atomic E-state index is 11.6. The molecule has 2 rings (SSSR count). The van der Waals surface area contributed by atoms with Crippen LogP contribution in [0.5, 0.6) is 5.75 Å². The second-order valence-corrected chi connectivity index (χ2v) is 5.92. The van der Waals surface area contributed by atoms with E-state index in [1.54, 1.807) is 12.1 Å². The van der Waals surface area contributed by atoms with Crippen LogP contribution in [0.4, 0.5) is 5.69 Å². The molecule has 106 valence electrons. The number of nitrogens with two attached hydrogens (primary N) is 1. The number of amides is 1. The molecule has 0 saturated carbocycles. The predicted octanol–water partition coefficient (Wildman–Crippen LogP) is 3.07. The van der Waals surface area contributed by atoms with E-state index in [-0.39, 0.29) is 12.3 Å². The van der Waals surface area contributed by atoms with E-state index in [1.165, 1.54) is 11.3 Å². The Balaban J connectivity index is 1.69. The van der Waals surface area contributed by atoms with E-state index < -0.39 is 0 Å². The lowest BCUT2D eigenvalue weighted by Crippen LogP contribution is -2.24. The molecule has 1 aromatic carbocycles. The third-order valence-electron chi connectivity index (χ3n) is 2.59. The monoisotopic (exact) mass is 310 g/mol. The average Bonchev–Trinajstić information content (AvgIpc) is 2.84. The lowest BCUT2D eigenvalue weighted by Gasteiger charge is -2.08. The third-order valence-corrected chi connectivity index (χ3v) is 3.83. The maximum Gasteiger partial charge on any atom is 0.223 e. The molecule has 0 atom stereocenters. The van der Waals surface area contributed by atoms with E-state index in [4.69, 9.17) is 22.1 Å². The number of carbonyl (C=O) groups excluding carboxylic acids is 1. The highest BCUT2D eigenvalue weighted by Gasteiger charge is 2.04. The Morgan fingerprint density at radius 2 is 2.10 bits per heavy atom. The van der Waals surface area contributed by atoms with Gasteiger partial charge in [0.1, 0.15) is 5.75 Å². The molecule has 0 radical (unpaired) electrons. The number of nitrogen functional groups attached to an aromatic ring is 1. The van der Waals surface area contributed by atoms with Gasteiger partial charge in [-0.05, 0) is 24.3 Å². The fraction of sp³-hybridized carbons (Fsp3) is 0.214. The van der Waals surface area contributed by atoms with Crippen molar-refractivity contribution in [1.82, 2.24) is 5.32 Å². The van der Waals surface area contributed by atoms with Gasteiger partial charge in [-0.25, -0.2) is 0 Å². The van der Waals surface area contributed by atoms with Crippen molar-refractivity contribution in [1.29, 1.82) is 0 Å². The van der Waals surface area contributed by atoms with Crippen LogP contribution < -0.4 is 15.8 Å². The number of anilines is 1. The van der Waals surface area contributed by atoms with Gasteiger partial charge in [-0.15, -0.1) is 11.3 Å². The van der Waals surface area contributed by atoms with Gasteiger partial charge < -0.3 is 15.8 Å². The zero-order chi connectivity index (χ0) is 14.4. The summed E-state index contributed by atoms with van der Waals surface area (Å²) < 4.78 is 6.18. The van der Waals surface area contributed by atoms with Crippen LogP contribution >= 0.6 is 22.9 Å². The van der Waals surface area contributed by atoms with Gasteiger partial charge in [0.05, 0.1) is 29.6 Å². The van der Waals surface area contributed by atoms with Crippen molar-refractivity contribution in [3.05, 3.63) is 45.6 Å². The first kappa shape index (κ1) is 14.7. The molecule has 4 nitrogen and oxygen atoms in total. The van der Waals surface area contributed by atoms with Crippen LogP contribution in [0.3, 0.4) is 0 Å². The summed E-state index contributed by atoms with van der Waals surface area (Å²) in [6, 6.07) is 10.9. The lowest BCUT2D eigenvalue weighted by molar-refractivity contribution is -0.121. The quantitative estimate of drug-likeness (QED) is 0.806. The SMILES string of the molecule is Nc1ccccc1OCCC(=O)NCc1ccc(Cl)s1. The van der Waals surface area contributed by atoms with E-state index >= 15 is 0 Å². The third kappa shape index (κ3) is 4.43. The standard InChI is InChI=1S/C14H15ClN2O2S/c15-13-6-5-10(20-13)9-17-14(18)7-8-19-12-4-2-1-3-11(12)16/h1-6H,7-9,16H2,(H,17,18). The molecule has 0 bridgehead atoms. The Morgan fingerprint density at radius 3 is 2.80 bits per heavy atom. The van der Waals surface area contributed by atoms with Gasteiger partial charge in [-0.2, -0.15) is 0 Å². The summed E-state index contributed by atoms with van der Waals surface area (Å²) in [5.41, 5.74) is 6.31. The van der Waals surface area contributed by atoms with Crippen LogP contribution in [0.1, 0.15) is 11.3 Å². The minimum Gasteiger partial charge on any atom is -0.491 e. The minimum absolute atomic E-state index is 0.0657. The molecule has 0 fully saturated rings. The Bertz CT molecular complexity index is 586. The number of hydrogen-bond acceptors (Lipinski definition) is 4. The highest BCUT2D eigenvalue weighted by atomic mass is 35.5. The van der Waals surface area contributed by atoms with Gasteiger partial charge in [0, 0.05) is 4.88 Å². The van der Waals surface area contributed by atoms with Crippen molar-refractivity contribution in [2.24, 2.45) is 0 Å². The molecule has 0 aliphatic carbocycles. The van der Waals surface area contributed by atoms with E-state index in [1.807, 2.05) is 24.3 Å². The van der Waals surface area contributed by atoms with Crippen molar-refractivity contribution >= 4 is 34.5 Å². The summed E-state index contributed by atoms with van der Waals surface area (Å²) in [7, 11) is 0. The Labute approximate surface area is 126 Å². The van der Waals surface area contributed by atoms with Gasteiger partial charge in [0.2, 0.25) is 5.91 Å². The topological polar surface area (TPSA) is 64.3 Å². The molecule has 6 heteroatoms. The van der Waals surface area contributed by atoms with E-state index in [9.17, 15) is 4.79 Å². The van der Waals surface area contributed by atoms with Crippen molar-refractivity contribution < 1.29 is 9.53 Å². The Hall–Kier alpha value is -1.72. The number of hydrogen-bond donors (Lipinski definition) is 2. The van der Waals surface area contributed by atoms with E-state index in [2.05, 4.69) is 5.32 Å². The Morgan fingerprint density at radius 1 is 1.30 bits per heavy atom. The molecular weight excluding hydrogens is 296 g/mol. The molecule has 0 aliphatic rings. The summed E-state index contributed by atoms with van der Waals surface area (Å²) in [4.78, 5) is 12.7. The number of benzene rings is 1. The summed E-state index contributed by atoms with van der Waals surface area (Å²) in [6.45, 7) is 0.787. The van der Waals surface area contributed by atoms with Crippen molar-refractivity contribution in [2.45, 2.75) is 13.0 Å². The number of nitrogens with one attached hydrogen (secondary N) is 1. The van der Waals surface area contributed by atoms with Crippen molar-refractivity contribution in [3.63, 3.8) is 0 Å². The highest BCUT2D eigenvalue weighted by molar-refractivity contribution is 7.16. The average molecular weight is 311 g/mol. The summed E-state index contributed by atoms with van der Waals surface area (Å²) in [5, 5.41) is 2.81. The molecule has 0 saturated heterocycles.